The zero-order chi connectivity index (χ0) is 28.9. The number of nitrogens with zero attached hydrogens (tertiary/aromatic N) is 4. The zero-order valence-electron chi connectivity index (χ0n) is 22.0. The van der Waals surface area contributed by atoms with Gasteiger partial charge in [-0.05, 0) is 46.9 Å². The van der Waals surface area contributed by atoms with Gasteiger partial charge in [-0.25, -0.2) is 4.98 Å². The first kappa shape index (κ1) is 29.2. The molecule has 6 N–H and O–H groups in total. The second-order valence-electron chi connectivity index (χ2n) is 9.76. The number of halogens is 1. The number of aliphatic hydroxyl groups excluding tert-OH is 2. The van der Waals surface area contributed by atoms with Gasteiger partial charge in [0.1, 0.15) is 18.2 Å². The summed E-state index contributed by atoms with van der Waals surface area (Å²) in [5, 5.41) is 33.6. The third kappa shape index (κ3) is 6.80. The smallest absolute Gasteiger partial charge is 0.320 e. The van der Waals surface area contributed by atoms with E-state index in [0.717, 1.165) is 17.5 Å². The Hall–Kier alpha value is -3.26. The first-order chi connectivity index (χ1) is 19.8. The summed E-state index contributed by atoms with van der Waals surface area (Å²) in [6, 6.07) is 17.6. The fraction of sp³-hybridized carbons (Fsp3) is 0.357. The maximum Gasteiger partial charge on any atom is 0.320 e. The van der Waals surface area contributed by atoms with Gasteiger partial charge < -0.3 is 31.1 Å². The standard InChI is InChI=1S/C28H31ClN6O5S/c29-28-33-24(31-12-10-16-6-8-18(9-7-16)17-4-2-1-3-5-17)21-25(34-28)35(15-32-21)26-23(37)22(36)20(40-26)14-41-13-11-19(30)27(38)39/h1-9,15,19-20,22-23,26,36-37H,10-14,30H2,(H,38,39)(H,31,33,34)/t19-,20+,22+,23+,26+/m0/s1. The molecule has 2 aromatic heterocycles. The van der Waals surface area contributed by atoms with Gasteiger partial charge in [0.25, 0.3) is 0 Å². The fourth-order valence-corrected chi connectivity index (χ4v) is 5.91. The van der Waals surface area contributed by atoms with Gasteiger partial charge in [-0.1, -0.05) is 54.6 Å². The van der Waals surface area contributed by atoms with Crippen LogP contribution in [0.25, 0.3) is 22.3 Å². The number of carboxylic acid groups (broad SMARTS) is 1. The number of ether oxygens (including phenoxy) is 1. The van der Waals surface area contributed by atoms with E-state index in [0.29, 0.717) is 35.0 Å². The number of hydrogen-bond acceptors (Lipinski definition) is 10. The van der Waals surface area contributed by atoms with Crippen LogP contribution in [0.3, 0.4) is 0 Å². The predicted molar refractivity (Wildman–Crippen MR) is 158 cm³/mol. The maximum atomic E-state index is 10.9. The minimum absolute atomic E-state index is 0.00359. The number of aromatic nitrogens is 4. The van der Waals surface area contributed by atoms with E-state index >= 15 is 0 Å². The van der Waals surface area contributed by atoms with Gasteiger partial charge in [-0.2, -0.15) is 21.7 Å². The minimum atomic E-state index is -1.23. The number of carboxylic acids is 1. The molecule has 0 spiro atoms. The number of carbonyl (C=O) groups is 1. The fourth-order valence-electron chi connectivity index (χ4n) is 4.65. The molecule has 0 saturated carbocycles. The molecular formula is C28H31ClN6O5S. The highest BCUT2D eigenvalue weighted by Gasteiger charge is 2.44. The van der Waals surface area contributed by atoms with Gasteiger partial charge in [0.15, 0.2) is 23.2 Å². The van der Waals surface area contributed by atoms with Crippen LogP contribution in [0.1, 0.15) is 18.2 Å². The van der Waals surface area contributed by atoms with E-state index in [1.165, 1.54) is 28.2 Å². The highest BCUT2D eigenvalue weighted by molar-refractivity contribution is 7.99. The Labute approximate surface area is 245 Å². The number of benzene rings is 2. The Balaban J connectivity index is 1.22. The molecule has 1 fully saturated rings. The number of thioether (sulfide) groups is 1. The number of imidazole rings is 1. The predicted octanol–water partition coefficient (Wildman–Crippen LogP) is 2.96. The lowest BCUT2D eigenvalue weighted by Gasteiger charge is -2.17. The van der Waals surface area contributed by atoms with Gasteiger partial charge in [0.05, 0.1) is 12.4 Å². The first-order valence-corrected chi connectivity index (χ1v) is 14.7. The van der Waals surface area contributed by atoms with Crippen molar-refractivity contribution in [2.24, 2.45) is 5.73 Å². The molecule has 1 saturated heterocycles. The van der Waals surface area contributed by atoms with Crippen molar-refractivity contribution in [3.63, 3.8) is 0 Å². The van der Waals surface area contributed by atoms with Crippen LogP contribution in [-0.4, -0.2) is 83.2 Å². The van der Waals surface area contributed by atoms with Crippen molar-refractivity contribution in [1.29, 1.82) is 0 Å². The lowest BCUT2D eigenvalue weighted by molar-refractivity contribution is -0.138. The molecule has 1 aliphatic rings. The van der Waals surface area contributed by atoms with Crippen molar-refractivity contribution in [1.82, 2.24) is 19.5 Å². The van der Waals surface area contributed by atoms with E-state index in [-0.39, 0.29) is 11.7 Å². The van der Waals surface area contributed by atoms with Crippen LogP contribution in [0.4, 0.5) is 5.82 Å². The molecule has 13 heteroatoms. The Morgan fingerprint density at radius 2 is 1.83 bits per heavy atom. The Bertz CT molecular complexity index is 1470. The molecule has 0 amide bonds. The highest BCUT2D eigenvalue weighted by atomic mass is 35.5. The lowest BCUT2D eigenvalue weighted by Crippen LogP contribution is -2.33. The highest BCUT2D eigenvalue weighted by Crippen LogP contribution is 2.34. The summed E-state index contributed by atoms with van der Waals surface area (Å²) in [5.41, 5.74) is 9.83. The number of aliphatic hydroxyl groups is 2. The van der Waals surface area contributed by atoms with Crippen molar-refractivity contribution in [2.45, 2.75) is 43.4 Å². The van der Waals surface area contributed by atoms with Crippen molar-refractivity contribution < 1.29 is 24.9 Å². The Kier molecular flexibility index (Phi) is 9.38. The minimum Gasteiger partial charge on any atom is -0.480 e. The number of aliphatic carboxylic acids is 1. The van der Waals surface area contributed by atoms with E-state index in [1.807, 2.05) is 18.2 Å². The van der Waals surface area contributed by atoms with Crippen LogP contribution >= 0.6 is 23.4 Å². The number of nitrogens with one attached hydrogen (secondary N) is 1. The van der Waals surface area contributed by atoms with Gasteiger partial charge in [0, 0.05) is 12.3 Å². The summed E-state index contributed by atoms with van der Waals surface area (Å²) >= 11 is 7.64. The quantitative estimate of drug-likeness (QED) is 0.120. The molecule has 41 heavy (non-hydrogen) atoms. The van der Waals surface area contributed by atoms with E-state index in [9.17, 15) is 15.0 Å². The molecule has 0 radical (unpaired) electrons. The summed E-state index contributed by atoms with van der Waals surface area (Å²) in [4.78, 5) is 23.9. The van der Waals surface area contributed by atoms with Gasteiger partial charge in [-0.15, -0.1) is 0 Å². The molecule has 5 atom stereocenters. The SMILES string of the molecule is N[C@@H](CCSC[C@H]1O[C@@H](n2cnc3c(NCCc4ccc(-c5ccccc5)cc4)nc(Cl)nc32)[C@H](O)[C@@H]1O)C(=O)O. The van der Waals surface area contributed by atoms with Crippen molar-refractivity contribution in [3.05, 3.63) is 71.8 Å². The van der Waals surface area contributed by atoms with Gasteiger partial charge in [0.2, 0.25) is 5.28 Å². The average molecular weight is 599 g/mol. The Morgan fingerprint density at radius 3 is 2.56 bits per heavy atom. The summed E-state index contributed by atoms with van der Waals surface area (Å²) in [6.45, 7) is 0.575. The molecule has 11 nitrogen and oxygen atoms in total. The van der Waals surface area contributed by atoms with Crippen molar-refractivity contribution in [3.8, 4) is 11.1 Å². The van der Waals surface area contributed by atoms with Crippen LogP contribution in [-0.2, 0) is 16.0 Å². The summed E-state index contributed by atoms with van der Waals surface area (Å²) in [5.74, 6) is 0.221. The number of fused-ring (bicyclic) bond motifs is 1. The molecule has 216 valence electrons. The normalized spacial score (nSPS) is 21.3. The number of rotatable bonds is 12. The van der Waals surface area contributed by atoms with Crippen molar-refractivity contribution in [2.75, 3.05) is 23.4 Å². The number of nitrogens with two attached hydrogens (primary N) is 1. The molecule has 5 rings (SSSR count). The first-order valence-electron chi connectivity index (χ1n) is 13.2. The molecular weight excluding hydrogens is 568 g/mol. The molecule has 0 unspecified atom stereocenters. The summed E-state index contributed by atoms with van der Waals surface area (Å²) < 4.78 is 7.52. The van der Waals surface area contributed by atoms with E-state index in [2.05, 4.69) is 56.7 Å². The molecule has 2 aromatic carbocycles. The zero-order valence-corrected chi connectivity index (χ0v) is 23.6. The van der Waals surface area contributed by atoms with E-state index in [4.69, 9.17) is 27.2 Å². The van der Waals surface area contributed by atoms with Crippen LogP contribution in [0.5, 0.6) is 0 Å². The average Bonchev–Trinajstić information content (AvgIpc) is 3.51. The second kappa shape index (κ2) is 13.1. The largest absolute Gasteiger partial charge is 0.480 e. The lowest BCUT2D eigenvalue weighted by atomic mass is 10.0. The number of anilines is 1. The van der Waals surface area contributed by atoms with Gasteiger partial charge >= 0.3 is 5.97 Å². The van der Waals surface area contributed by atoms with Crippen LogP contribution in [0.2, 0.25) is 5.28 Å². The second-order valence-corrected chi connectivity index (χ2v) is 11.2. The molecule has 1 aliphatic heterocycles. The van der Waals surface area contributed by atoms with Crippen LogP contribution in [0.15, 0.2) is 60.9 Å². The molecule has 4 aromatic rings. The number of hydrogen-bond donors (Lipinski definition) is 5. The third-order valence-corrected chi connectivity index (χ3v) is 8.20. The van der Waals surface area contributed by atoms with Gasteiger partial charge in [-0.3, -0.25) is 9.36 Å². The van der Waals surface area contributed by atoms with Crippen LogP contribution < -0.4 is 11.1 Å². The van der Waals surface area contributed by atoms with E-state index < -0.39 is 36.6 Å². The van der Waals surface area contributed by atoms with Crippen LogP contribution in [0, 0.1) is 0 Å². The van der Waals surface area contributed by atoms with Crippen molar-refractivity contribution >= 4 is 46.3 Å². The maximum absolute atomic E-state index is 10.9. The Morgan fingerprint density at radius 1 is 1.10 bits per heavy atom. The third-order valence-electron chi connectivity index (χ3n) is 6.95. The summed E-state index contributed by atoms with van der Waals surface area (Å²) in [7, 11) is 0. The molecule has 3 heterocycles. The molecule has 0 aliphatic carbocycles. The van der Waals surface area contributed by atoms with E-state index in [1.54, 1.807) is 0 Å². The topological polar surface area (TPSA) is 169 Å². The summed E-state index contributed by atoms with van der Waals surface area (Å²) in [6.07, 6.45) is -1.50. The molecule has 0 bridgehead atoms. The monoisotopic (exact) mass is 598 g/mol.